The van der Waals surface area contributed by atoms with Crippen molar-refractivity contribution < 1.29 is 15.0 Å². The molecule has 1 aromatic carbocycles. The number of amides is 1. The largest absolute Gasteiger partial charge is 0.394 e. The van der Waals surface area contributed by atoms with Crippen LogP contribution in [0.15, 0.2) is 30.5 Å². The second-order valence-corrected chi connectivity index (χ2v) is 7.15. The zero-order valence-corrected chi connectivity index (χ0v) is 17.1. The summed E-state index contributed by atoms with van der Waals surface area (Å²) in [7, 11) is 1.67. The summed E-state index contributed by atoms with van der Waals surface area (Å²) in [5.41, 5.74) is 0.704. The van der Waals surface area contributed by atoms with Gasteiger partial charge >= 0.3 is 0 Å². The average Bonchev–Trinajstić information content (AvgIpc) is 2.67. The van der Waals surface area contributed by atoms with E-state index < -0.39 is 6.04 Å². The number of hydrogen-bond acceptors (Lipinski definition) is 7. The van der Waals surface area contributed by atoms with Crippen LogP contribution < -0.4 is 15.5 Å². The highest BCUT2D eigenvalue weighted by Crippen LogP contribution is 2.23. The number of carbonyl (C=O) groups is 1. The van der Waals surface area contributed by atoms with E-state index in [0.717, 1.165) is 0 Å². The lowest BCUT2D eigenvalue weighted by atomic mass is 10.1. The Hall–Kier alpha value is -2.13. The Morgan fingerprint density at radius 3 is 2.68 bits per heavy atom. The molecule has 0 aliphatic rings. The van der Waals surface area contributed by atoms with Crippen molar-refractivity contribution in [3.05, 3.63) is 46.1 Å². The van der Waals surface area contributed by atoms with Crippen LogP contribution in [-0.2, 0) is 4.79 Å². The highest BCUT2D eigenvalue weighted by molar-refractivity contribution is 6.32. The highest BCUT2D eigenvalue weighted by atomic mass is 35.5. The van der Waals surface area contributed by atoms with E-state index in [9.17, 15) is 9.90 Å². The van der Waals surface area contributed by atoms with Gasteiger partial charge in [0.25, 0.3) is 0 Å². The molecule has 0 saturated carbocycles. The van der Waals surface area contributed by atoms with Crippen molar-refractivity contribution in [3.63, 3.8) is 0 Å². The predicted molar refractivity (Wildman–Crippen MR) is 110 cm³/mol. The molecule has 2 atom stereocenters. The van der Waals surface area contributed by atoms with Crippen molar-refractivity contribution in [1.29, 1.82) is 0 Å². The smallest absolute Gasteiger partial charge is 0.240 e. The summed E-state index contributed by atoms with van der Waals surface area (Å²) in [6, 6.07) is 6.12. The van der Waals surface area contributed by atoms with E-state index in [1.807, 2.05) is 0 Å². The Kier molecular flexibility index (Phi) is 8.25. The molecule has 2 unspecified atom stereocenters. The maximum absolute atomic E-state index is 12.4. The number of rotatable bonds is 9. The van der Waals surface area contributed by atoms with Gasteiger partial charge in [-0.25, -0.2) is 4.98 Å². The van der Waals surface area contributed by atoms with Gasteiger partial charge in [0.15, 0.2) is 5.82 Å². The van der Waals surface area contributed by atoms with E-state index in [-0.39, 0.29) is 36.7 Å². The minimum atomic E-state index is -0.580. The molecule has 8 nitrogen and oxygen atoms in total. The Morgan fingerprint density at radius 2 is 2.04 bits per heavy atom. The number of anilines is 2. The standard InChI is InChI=1S/C18H23Cl2N5O3/c1-11(9-26)22-18-21-7-14(20)17(24-18)25(2)8-16(28)23-15(10-27)12-4-3-5-13(19)6-12/h3-7,11,15,26-27H,8-10H2,1-2H3,(H,23,28)(H,21,22,24). The Balaban J connectivity index is 2.06. The number of benzene rings is 1. The van der Waals surface area contributed by atoms with Crippen molar-refractivity contribution in [2.75, 3.05) is 37.0 Å². The molecule has 1 heterocycles. The van der Waals surface area contributed by atoms with Crippen LogP contribution in [0.4, 0.5) is 11.8 Å². The lowest BCUT2D eigenvalue weighted by Gasteiger charge is -2.22. The normalized spacial score (nSPS) is 12.9. The van der Waals surface area contributed by atoms with E-state index >= 15 is 0 Å². The maximum atomic E-state index is 12.4. The summed E-state index contributed by atoms with van der Waals surface area (Å²) >= 11 is 12.1. The summed E-state index contributed by atoms with van der Waals surface area (Å²) < 4.78 is 0. The first-order valence-electron chi connectivity index (χ1n) is 8.60. The van der Waals surface area contributed by atoms with E-state index in [4.69, 9.17) is 28.3 Å². The number of nitrogens with zero attached hydrogens (tertiary/aromatic N) is 3. The molecule has 0 aliphatic carbocycles. The van der Waals surface area contributed by atoms with Crippen molar-refractivity contribution in [1.82, 2.24) is 15.3 Å². The lowest BCUT2D eigenvalue weighted by Crippen LogP contribution is -2.39. The van der Waals surface area contributed by atoms with Crippen LogP contribution in [0.3, 0.4) is 0 Å². The van der Waals surface area contributed by atoms with E-state index in [2.05, 4.69) is 20.6 Å². The lowest BCUT2D eigenvalue weighted by molar-refractivity contribution is -0.120. The number of hydrogen-bond donors (Lipinski definition) is 4. The van der Waals surface area contributed by atoms with Crippen LogP contribution in [0.1, 0.15) is 18.5 Å². The number of aromatic nitrogens is 2. The Morgan fingerprint density at radius 1 is 1.29 bits per heavy atom. The molecule has 0 fully saturated rings. The topological polar surface area (TPSA) is 111 Å². The van der Waals surface area contributed by atoms with Gasteiger partial charge in [-0.15, -0.1) is 0 Å². The van der Waals surface area contributed by atoms with Crippen molar-refractivity contribution in [3.8, 4) is 0 Å². The van der Waals surface area contributed by atoms with Crippen molar-refractivity contribution in [2.24, 2.45) is 0 Å². The molecule has 2 rings (SSSR count). The summed E-state index contributed by atoms with van der Waals surface area (Å²) in [4.78, 5) is 22.4. The summed E-state index contributed by atoms with van der Waals surface area (Å²) in [5.74, 6) is 0.331. The van der Waals surface area contributed by atoms with Gasteiger partial charge in [0.2, 0.25) is 11.9 Å². The van der Waals surface area contributed by atoms with Gasteiger partial charge in [0.05, 0.1) is 32.0 Å². The molecular weight excluding hydrogens is 405 g/mol. The monoisotopic (exact) mass is 427 g/mol. The molecule has 1 amide bonds. The van der Waals surface area contributed by atoms with Crippen molar-refractivity contribution >= 4 is 40.9 Å². The van der Waals surface area contributed by atoms with Crippen LogP contribution in [0.2, 0.25) is 10.0 Å². The number of aliphatic hydroxyl groups excluding tert-OH is 2. The zero-order valence-electron chi connectivity index (χ0n) is 15.6. The minimum absolute atomic E-state index is 0.0389. The summed E-state index contributed by atoms with van der Waals surface area (Å²) in [6.45, 7) is 1.39. The quantitative estimate of drug-likeness (QED) is 0.483. The SMILES string of the molecule is CC(CO)Nc1ncc(Cl)c(N(C)CC(=O)NC(CO)c2cccc(Cl)c2)n1. The molecule has 0 radical (unpaired) electrons. The fraction of sp³-hybridized carbons (Fsp3) is 0.389. The van der Waals surface area contributed by atoms with Gasteiger partial charge in [0.1, 0.15) is 5.02 Å². The van der Waals surface area contributed by atoms with Gasteiger partial charge in [-0.05, 0) is 24.6 Å². The van der Waals surface area contributed by atoms with Gasteiger partial charge in [-0.3, -0.25) is 4.79 Å². The third-order valence-corrected chi connectivity index (χ3v) is 4.39. The van der Waals surface area contributed by atoms with Gasteiger partial charge in [-0.1, -0.05) is 35.3 Å². The molecule has 1 aromatic heterocycles. The molecular formula is C18H23Cl2N5O3. The van der Waals surface area contributed by atoms with Crippen molar-refractivity contribution in [2.45, 2.75) is 19.0 Å². The number of nitrogens with one attached hydrogen (secondary N) is 2. The molecule has 0 spiro atoms. The number of likely N-dealkylation sites (N-methyl/N-ethyl adjacent to an activating group) is 1. The minimum Gasteiger partial charge on any atom is -0.394 e. The first-order chi connectivity index (χ1) is 13.3. The third kappa shape index (κ3) is 6.20. The Bertz CT molecular complexity index is 809. The average molecular weight is 428 g/mol. The predicted octanol–water partition coefficient (Wildman–Crippen LogP) is 1.86. The van der Waals surface area contributed by atoms with Crippen LogP contribution in [-0.4, -0.2) is 58.9 Å². The molecule has 0 saturated heterocycles. The fourth-order valence-corrected chi connectivity index (χ4v) is 2.88. The Labute approximate surface area is 173 Å². The zero-order chi connectivity index (χ0) is 20.7. The first-order valence-corrected chi connectivity index (χ1v) is 9.36. The second kappa shape index (κ2) is 10.4. The van der Waals surface area contributed by atoms with Crippen LogP contribution >= 0.6 is 23.2 Å². The molecule has 152 valence electrons. The van der Waals surface area contributed by atoms with Crippen LogP contribution in [0.5, 0.6) is 0 Å². The molecule has 0 aliphatic heterocycles. The molecule has 4 N–H and O–H groups in total. The highest BCUT2D eigenvalue weighted by Gasteiger charge is 2.18. The van der Waals surface area contributed by atoms with Gasteiger partial charge in [0, 0.05) is 18.1 Å². The van der Waals surface area contributed by atoms with Gasteiger partial charge in [-0.2, -0.15) is 4.98 Å². The first kappa shape index (κ1) is 22.2. The fourth-order valence-electron chi connectivity index (χ4n) is 2.45. The molecule has 28 heavy (non-hydrogen) atoms. The van der Waals surface area contributed by atoms with E-state index in [0.29, 0.717) is 22.4 Å². The van der Waals surface area contributed by atoms with Crippen LogP contribution in [0.25, 0.3) is 0 Å². The number of carbonyl (C=O) groups excluding carboxylic acids is 1. The summed E-state index contributed by atoms with van der Waals surface area (Å²) in [6.07, 6.45) is 1.42. The molecule has 0 bridgehead atoms. The number of halogens is 2. The van der Waals surface area contributed by atoms with E-state index in [1.54, 1.807) is 43.1 Å². The molecule has 2 aromatic rings. The van der Waals surface area contributed by atoms with E-state index in [1.165, 1.54) is 6.20 Å². The molecule has 10 heteroatoms. The van der Waals surface area contributed by atoms with Crippen LogP contribution in [0, 0.1) is 0 Å². The maximum Gasteiger partial charge on any atom is 0.240 e. The van der Waals surface area contributed by atoms with Gasteiger partial charge < -0.3 is 25.7 Å². The third-order valence-electron chi connectivity index (χ3n) is 3.89. The number of aliphatic hydroxyl groups is 2. The second-order valence-electron chi connectivity index (χ2n) is 6.31. The summed E-state index contributed by atoms with van der Waals surface area (Å²) in [5, 5.41) is 25.2.